The molecule has 0 spiro atoms. The average molecular weight is 547 g/mol. The molecule has 0 amide bonds. The lowest BCUT2D eigenvalue weighted by Crippen LogP contribution is -2.27. The molecule has 0 saturated carbocycles. The van der Waals surface area contributed by atoms with Crippen LogP contribution in [0.3, 0.4) is 0 Å². The van der Waals surface area contributed by atoms with Crippen LogP contribution in [0.25, 0.3) is 10.2 Å². The molecule has 0 aliphatic heterocycles. The Morgan fingerprint density at radius 1 is 1.00 bits per heavy atom. The third-order valence-electron chi connectivity index (χ3n) is 5.64. The molecule has 0 aliphatic carbocycles. The summed E-state index contributed by atoms with van der Waals surface area (Å²) in [5, 5.41) is 0.572. The lowest BCUT2D eigenvalue weighted by Gasteiger charge is -2.18. The second-order valence-electron chi connectivity index (χ2n) is 8.09. The van der Waals surface area contributed by atoms with Crippen molar-refractivity contribution >= 4 is 43.2 Å². The van der Waals surface area contributed by atoms with E-state index in [9.17, 15) is 13.2 Å². The normalized spacial score (nSPS) is 12.6. The SMILES string of the molecule is CCOc1ccc([C@@H](C)NS(=O)(=O)c2ccc3c(c2)sc(=O)n3Cc2ccccc2Cl)cc1OCC. The van der Waals surface area contributed by atoms with Crippen LogP contribution in [0.5, 0.6) is 11.5 Å². The summed E-state index contributed by atoms with van der Waals surface area (Å²) in [5.74, 6) is 1.17. The third-order valence-corrected chi connectivity index (χ3v) is 8.48. The molecule has 0 fully saturated rings. The molecular weight excluding hydrogens is 520 g/mol. The van der Waals surface area contributed by atoms with Gasteiger partial charge in [-0.3, -0.25) is 9.36 Å². The van der Waals surface area contributed by atoms with Gasteiger partial charge in [0.25, 0.3) is 0 Å². The molecular formula is C26H27ClN2O5S2. The van der Waals surface area contributed by atoms with Gasteiger partial charge in [-0.25, -0.2) is 13.1 Å². The molecule has 0 saturated heterocycles. The molecule has 7 nitrogen and oxygen atoms in total. The van der Waals surface area contributed by atoms with Crippen molar-refractivity contribution < 1.29 is 17.9 Å². The van der Waals surface area contributed by atoms with E-state index in [0.29, 0.717) is 46.5 Å². The molecule has 0 unspecified atom stereocenters. The second-order valence-corrected chi connectivity index (χ2v) is 11.2. The van der Waals surface area contributed by atoms with Crippen LogP contribution < -0.4 is 19.1 Å². The molecule has 190 valence electrons. The molecule has 4 aromatic rings. The van der Waals surface area contributed by atoms with Crippen molar-refractivity contribution in [3.8, 4) is 11.5 Å². The molecule has 0 bridgehead atoms. The van der Waals surface area contributed by atoms with Gasteiger partial charge < -0.3 is 9.47 Å². The summed E-state index contributed by atoms with van der Waals surface area (Å²) in [5.41, 5.74) is 2.21. The number of aromatic nitrogens is 1. The van der Waals surface area contributed by atoms with E-state index >= 15 is 0 Å². The zero-order chi connectivity index (χ0) is 25.9. The highest BCUT2D eigenvalue weighted by Gasteiger charge is 2.21. The van der Waals surface area contributed by atoms with Gasteiger partial charge in [0.15, 0.2) is 11.5 Å². The van der Waals surface area contributed by atoms with Crippen molar-refractivity contribution in [2.75, 3.05) is 13.2 Å². The van der Waals surface area contributed by atoms with Gasteiger partial charge in [-0.2, -0.15) is 0 Å². The van der Waals surface area contributed by atoms with E-state index in [2.05, 4.69) is 4.72 Å². The van der Waals surface area contributed by atoms with Crippen molar-refractivity contribution in [1.29, 1.82) is 0 Å². The number of fused-ring (bicyclic) bond motifs is 1. The highest BCUT2D eigenvalue weighted by molar-refractivity contribution is 7.89. The Bertz CT molecular complexity index is 1550. The number of benzene rings is 3. The lowest BCUT2D eigenvalue weighted by molar-refractivity contribution is 0.287. The van der Waals surface area contributed by atoms with Crippen LogP contribution in [0.1, 0.15) is 37.9 Å². The van der Waals surface area contributed by atoms with Crippen LogP contribution >= 0.6 is 22.9 Å². The van der Waals surface area contributed by atoms with Gasteiger partial charge in [0.2, 0.25) is 10.0 Å². The number of rotatable bonds is 10. The molecule has 36 heavy (non-hydrogen) atoms. The standard InChI is InChI=1S/C26H27ClN2O5S2/c1-4-33-23-13-10-18(14-24(23)34-5-2)17(3)28-36(31,32)20-11-12-22-25(15-20)35-26(30)29(22)16-19-8-6-7-9-21(19)27/h6-15,17,28H,4-5,16H2,1-3H3/t17-/m1/s1. The van der Waals surface area contributed by atoms with Gasteiger partial charge >= 0.3 is 4.87 Å². The monoisotopic (exact) mass is 546 g/mol. The summed E-state index contributed by atoms with van der Waals surface area (Å²) in [4.78, 5) is 12.6. The summed E-state index contributed by atoms with van der Waals surface area (Å²) >= 11 is 7.27. The Morgan fingerprint density at radius 3 is 2.44 bits per heavy atom. The minimum Gasteiger partial charge on any atom is -0.490 e. The zero-order valence-corrected chi connectivity index (χ0v) is 22.5. The highest BCUT2D eigenvalue weighted by atomic mass is 35.5. The fourth-order valence-electron chi connectivity index (χ4n) is 3.87. The van der Waals surface area contributed by atoms with Crippen molar-refractivity contribution in [2.24, 2.45) is 0 Å². The predicted molar refractivity (Wildman–Crippen MR) is 144 cm³/mol. The minimum absolute atomic E-state index is 0.0870. The minimum atomic E-state index is -3.86. The van der Waals surface area contributed by atoms with Crippen molar-refractivity contribution in [2.45, 2.75) is 38.3 Å². The lowest BCUT2D eigenvalue weighted by atomic mass is 10.1. The molecule has 1 heterocycles. The van der Waals surface area contributed by atoms with Crippen LogP contribution in [0.2, 0.25) is 5.02 Å². The zero-order valence-electron chi connectivity index (χ0n) is 20.2. The maximum atomic E-state index is 13.2. The number of thiazole rings is 1. The smallest absolute Gasteiger partial charge is 0.308 e. The van der Waals surface area contributed by atoms with Gasteiger partial charge in [0, 0.05) is 11.1 Å². The van der Waals surface area contributed by atoms with Crippen LogP contribution in [-0.4, -0.2) is 26.2 Å². The van der Waals surface area contributed by atoms with E-state index < -0.39 is 16.1 Å². The first-order valence-electron chi connectivity index (χ1n) is 11.5. The van der Waals surface area contributed by atoms with Gasteiger partial charge in [0.05, 0.1) is 34.9 Å². The van der Waals surface area contributed by atoms with Crippen LogP contribution in [0.15, 0.2) is 70.4 Å². The molecule has 1 N–H and O–H groups in total. The summed E-state index contributed by atoms with van der Waals surface area (Å²) in [6.45, 7) is 6.79. The Balaban J connectivity index is 1.60. The quantitative estimate of drug-likeness (QED) is 0.280. The van der Waals surface area contributed by atoms with Gasteiger partial charge in [-0.1, -0.05) is 47.2 Å². The van der Waals surface area contributed by atoms with Gasteiger partial charge in [-0.15, -0.1) is 0 Å². The van der Waals surface area contributed by atoms with Crippen LogP contribution in [0, 0.1) is 0 Å². The first-order chi connectivity index (χ1) is 17.2. The van der Waals surface area contributed by atoms with Crippen molar-refractivity contribution in [3.05, 3.63) is 86.5 Å². The van der Waals surface area contributed by atoms with Crippen molar-refractivity contribution in [1.82, 2.24) is 9.29 Å². The number of halogens is 1. The number of hydrogen-bond donors (Lipinski definition) is 1. The number of hydrogen-bond acceptors (Lipinski definition) is 6. The maximum Gasteiger partial charge on any atom is 0.308 e. The number of nitrogens with zero attached hydrogens (tertiary/aromatic N) is 1. The summed E-state index contributed by atoms with van der Waals surface area (Å²) in [6.07, 6.45) is 0. The van der Waals surface area contributed by atoms with Gasteiger partial charge in [-0.05, 0) is 68.3 Å². The first-order valence-corrected chi connectivity index (χ1v) is 14.2. The molecule has 3 aromatic carbocycles. The first kappa shape index (κ1) is 26.2. The Kier molecular flexibility index (Phi) is 8.04. The molecule has 0 radical (unpaired) electrons. The Hall–Kier alpha value is -2.85. The fraction of sp³-hybridized carbons (Fsp3) is 0.269. The predicted octanol–water partition coefficient (Wildman–Crippen LogP) is 5.60. The van der Waals surface area contributed by atoms with E-state index in [1.165, 1.54) is 12.1 Å². The number of sulfonamides is 1. The van der Waals surface area contributed by atoms with Crippen LogP contribution in [0.4, 0.5) is 0 Å². The van der Waals surface area contributed by atoms with E-state index in [1.54, 1.807) is 35.8 Å². The fourth-order valence-corrected chi connectivity index (χ4v) is 6.32. The Morgan fingerprint density at radius 2 is 1.72 bits per heavy atom. The summed E-state index contributed by atoms with van der Waals surface area (Å²) in [6, 6.07) is 16.9. The van der Waals surface area contributed by atoms with E-state index in [1.807, 2.05) is 38.1 Å². The highest BCUT2D eigenvalue weighted by Crippen LogP contribution is 2.31. The van der Waals surface area contributed by atoms with Gasteiger partial charge in [0.1, 0.15) is 0 Å². The van der Waals surface area contributed by atoms with Crippen molar-refractivity contribution in [3.63, 3.8) is 0 Å². The maximum absolute atomic E-state index is 13.2. The molecule has 4 rings (SSSR count). The molecule has 1 aromatic heterocycles. The number of ether oxygens (including phenoxy) is 2. The second kappa shape index (κ2) is 11.0. The molecule has 1 atom stereocenters. The summed E-state index contributed by atoms with van der Waals surface area (Å²) in [7, 11) is -3.86. The third kappa shape index (κ3) is 5.59. The van der Waals surface area contributed by atoms with Crippen LogP contribution in [-0.2, 0) is 16.6 Å². The van der Waals surface area contributed by atoms with E-state index in [0.717, 1.165) is 22.5 Å². The summed E-state index contributed by atoms with van der Waals surface area (Å²) < 4.78 is 42.6. The Labute approximate surface area is 219 Å². The van der Waals surface area contributed by atoms with E-state index in [-0.39, 0.29) is 9.77 Å². The number of nitrogens with one attached hydrogen (secondary N) is 1. The average Bonchev–Trinajstić information content (AvgIpc) is 3.15. The van der Waals surface area contributed by atoms with E-state index in [4.69, 9.17) is 21.1 Å². The molecule has 10 heteroatoms. The topological polar surface area (TPSA) is 86.6 Å². The molecule has 0 aliphatic rings. The largest absolute Gasteiger partial charge is 0.490 e.